The normalized spacial score (nSPS) is 10.2. The molecule has 0 aliphatic carbocycles. The van der Waals surface area contributed by atoms with Crippen molar-refractivity contribution in [3.05, 3.63) is 48.0 Å². The molecule has 0 saturated heterocycles. The van der Waals surface area contributed by atoms with Crippen LogP contribution in [0, 0.1) is 0 Å². The Morgan fingerprint density at radius 2 is 1.89 bits per heavy atom. The summed E-state index contributed by atoms with van der Waals surface area (Å²) in [5.74, 6) is 0. The molecule has 2 amide bonds. The molecule has 3 nitrogen and oxygen atoms in total. The number of carbonyl (C=O) groups excluding carboxylic acids is 1. The van der Waals surface area contributed by atoms with Gasteiger partial charge in [0.15, 0.2) is 0 Å². The van der Waals surface area contributed by atoms with E-state index in [2.05, 4.69) is 10.6 Å². The molecule has 0 bridgehead atoms. The van der Waals surface area contributed by atoms with E-state index < -0.39 is 0 Å². The summed E-state index contributed by atoms with van der Waals surface area (Å²) >= 11 is 5.30. The molecule has 0 atom stereocenters. The minimum atomic E-state index is -0.250. The Hall–Kier alpha value is -1.94. The van der Waals surface area contributed by atoms with Crippen molar-refractivity contribution in [1.82, 2.24) is 10.6 Å². The molecule has 0 radical (unpaired) electrons. The van der Waals surface area contributed by atoms with E-state index in [1.54, 1.807) is 0 Å². The Balaban J connectivity index is 2.20. The van der Waals surface area contributed by atoms with Gasteiger partial charge in [0, 0.05) is 12.1 Å². The number of hydrogen-bond donors (Lipinski definition) is 2. The Morgan fingerprint density at radius 3 is 2.68 bits per heavy atom. The maximum atomic E-state index is 11.6. The predicted molar refractivity (Wildman–Crippen MR) is 82.5 cm³/mol. The molecule has 0 heterocycles. The van der Waals surface area contributed by atoms with Gasteiger partial charge >= 0.3 is 6.03 Å². The van der Waals surface area contributed by atoms with E-state index in [1.807, 2.05) is 49.4 Å². The van der Waals surface area contributed by atoms with Crippen LogP contribution >= 0.6 is 12.2 Å². The van der Waals surface area contributed by atoms with Gasteiger partial charge in [0.25, 0.3) is 0 Å². The van der Waals surface area contributed by atoms with Gasteiger partial charge in [-0.25, -0.2) is 4.79 Å². The van der Waals surface area contributed by atoms with Crippen LogP contribution in [-0.4, -0.2) is 17.6 Å². The topological polar surface area (TPSA) is 41.1 Å². The van der Waals surface area contributed by atoms with Crippen molar-refractivity contribution < 1.29 is 4.79 Å². The van der Waals surface area contributed by atoms with Crippen molar-refractivity contribution in [2.45, 2.75) is 13.3 Å². The van der Waals surface area contributed by atoms with Gasteiger partial charge < -0.3 is 5.32 Å². The van der Waals surface area contributed by atoms with E-state index in [-0.39, 0.29) is 6.03 Å². The lowest BCUT2D eigenvalue weighted by Crippen LogP contribution is -2.39. The third-order valence-corrected chi connectivity index (χ3v) is 3.12. The molecule has 0 unspecified atom stereocenters. The second-order valence-corrected chi connectivity index (χ2v) is 4.64. The molecule has 0 fully saturated rings. The van der Waals surface area contributed by atoms with E-state index in [0.29, 0.717) is 11.5 Å². The molecule has 2 rings (SSSR count). The molecular formula is C15H16N2OS. The molecule has 0 saturated carbocycles. The van der Waals surface area contributed by atoms with Gasteiger partial charge in [-0.15, -0.1) is 0 Å². The molecule has 0 aliphatic rings. The summed E-state index contributed by atoms with van der Waals surface area (Å²) in [6, 6.07) is 13.6. The molecule has 0 aliphatic heterocycles. The second kappa shape index (κ2) is 6.29. The fourth-order valence-electron chi connectivity index (χ4n) is 1.88. The van der Waals surface area contributed by atoms with E-state index in [1.165, 1.54) is 0 Å². The highest BCUT2D eigenvalue weighted by Gasteiger charge is 2.08. The van der Waals surface area contributed by atoms with Gasteiger partial charge in [-0.1, -0.05) is 61.6 Å². The summed E-state index contributed by atoms with van der Waals surface area (Å²) in [7, 11) is 0. The van der Waals surface area contributed by atoms with Crippen molar-refractivity contribution >= 4 is 34.0 Å². The number of urea groups is 1. The number of thiocarbonyl (C=S) groups is 1. The standard InChI is InChI=1S/C15H16N2OS/c1-2-10-16-15(18)17-14(19)13-9-5-7-11-6-3-4-8-12(11)13/h3-9H,2,10H2,1H3,(H2,16,17,18,19). The summed E-state index contributed by atoms with van der Waals surface area (Å²) in [5, 5.41) is 7.60. The first-order valence-electron chi connectivity index (χ1n) is 6.29. The monoisotopic (exact) mass is 272 g/mol. The van der Waals surface area contributed by atoms with Gasteiger partial charge in [-0.2, -0.15) is 0 Å². The van der Waals surface area contributed by atoms with E-state index in [9.17, 15) is 4.79 Å². The van der Waals surface area contributed by atoms with Crippen molar-refractivity contribution in [3.63, 3.8) is 0 Å². The number of nitrogens with one attached hydrogen (secondary N) is 2. The van der Waals surface area contributed by atoms with E-state index in [4.69, 9.17) is 12.2 Å². The van der Waals surface area contributed by atoms with E-state index >= 15 is 0 Å². The van der Waals surface area contributed by atoms with Gasteiger partial charge in [-0.05, 0) is 17.2 Å². The van der Waals surface area contributed by atoms with Crippen molar-refractivity contribution in [2.24, 2.45) is 0 Å². The fourth-order valence-corrected chi connectivity index (χ4v) is 2.15. The fraction of sp³-hybridized carbons (Fsp3) is 0.200. The highest BCUT2D eigenvalue weighted by molar-refractivity contribution is 7.80. The lowest BCUT2D eigenvalue weighted by Gasteiger charge is -2.10. The summed E-state index contributed by atoms with van der Waals surface area (Å²) in [6.45, 7) is 2.65. The average molecular weight is 272 g/mol. The lowest BCUT2D eigenvalue weighted by molar-refractivity contribution is 0.245. The Morgan fingerprint density at radius 1 is 1.16 bits per heavy atom. The third-order valence-electron chi connectivity index (χ3n) is 2.80. The summed E-state index contributed by atoms with van der Waals surface area (Å²) < 4.78 is 0. The lowest BCUT2D eigenvalue weighted by atomic mass is 10.0. The van der Waals surface area contributed by atoms with Crippen LogP contribution in [0.2, 0.25) is 0 Å². The molecule has 2 aromatic carbocycles. The van der Waals surface area contributed by atoms with E-state index in [0.717, 1.165) is 22.8 Å². The first-order valence-corrected chi connectivity index (χ1v) is 6.70. The minimum Gasteiger partial charge on any atom is -0.338 e. The maximum absolute atomic E-state index is 11.6. The highest BCUT2D eigenvalue weighted by atomic mass is 32.1. The second-order valence-electron chi connectivity index (χ2n) is 4.24. The summed E-state index contributed by atoms with van der Waals surface area (Å²) in [4.78, 5) is 12.1. The molecule has 0 spiro atoms. The predicted octanol–water partition coefficient (Wildman–Crippen LogP) is 3.22. The van der Waals surface area contributed by atoms with Crippen molar-refractivity contribution in [2.75, 3.05) is 6.54 Å². The van der Waals surface area contributed by atoms with Gasteiger partial charge in [0.2, 0.25) is 0 Å². The van der Waals surface area contributed by atoms with Crippen molar-refractivity contribution in [1.29, 1.82) is 0 Å². The molecule has 2 N–H and O–H groups in total. The van der Waals surface area contributed by atoms with Crippen LogP contribution in [0.4, 0.5) is 4.79 Å². The first-order chi connectivity index (χ1) is 9.22. The van der Waals surface area contributed by atoms with Crippen LogP contribution in [0.5, 0.6) is 0 Å². The van der Waals surface area contributed by atoms with Gasteiger partial charge in [0.1, 0.15) is 4.99 Å². The van der Waals surface area contributed by atoms with Crippen LogP contribution < -0.4 is 10.6 Å². The Kier molecular flexibility index (Phi) is 4.47. The number of rotatable bonds is 3. The van der Waals surface area contributed by atoms with Crippen molar-refractivity contribution in [3.8, 4) is 0 Å². The number of amides is 2. The minimum absolute atomic E-state index is 0.250. The first kappa shape index (κ1) is 13.5. The van der Waals surface area contributed by atoms with Crippen LogP contribution in [0.3, 0.4) is 0 Å². The zero-order valence-corrected chi connectivity index (χ0v) is 11.6. The van der Waals surface area contributed by atoms with Gasteiger partial charge in [-0.3, -0.25) is 5.32 Å². The Bertz CT molecular complexity index is 605. The SMILES string of the molecule is CCCNC(=O)NC(=S)c1cccc2ccccc12. The third kappa shape index (κ3) is 3.29. The molecule has 4 heteroatoms. The molecule has 98 valence electrons. The zero-order chi connectivity index (χ0) is 13.7. The summed E-state index contributed by atoms with van der Waals surface area (Å²) in [6.07, 6.45) is 0.897. The molecule has 0 aromatic heterocycles. The van der Waals surface area contributed by atoms with Crippen LogP contribution in [0.25, 0.3) is 10.8 Å². The number of fused-ring (bicyclic) bond motifs is 1. The number of carbonyl (C=O) groups is 1. The number of benzene rings is 2. The molecule has 2 aromatic rings. The quantitative estimate of drug-likeness (QED) is 0.842. The number of hydrogen-bond acceptors (Lipinski definition) is 2. The maximum Gasteiger partial charge on any atom is 0.319 e. The Labute approximate surface area is 118 Å². The van der Waals surface area contributed by atoms with Crippen LogP contribution in [0.1, 0.15) is 18.9 Å². The van der Waals surface area contributed by atoms with Crippen LogP contribution in [0.15, 0.2) is 42.5 Å². The average Bonchev–Trinajstić information content (AvgIpc) is 2.44. The molecular weight excluding hydrogens is 256 g/mol. The van der Waals surface area contributed by atoms with Crippen LogP contribution in [-0.2, 0) is 0 Å². The van der Waals surface area contributed by atoms with Gasteiger partial charge in [0.05, 0.1) is 0 Å². The zero-order valence-electron chi connectivity index (χ0n) is 10.8. The smallest absolute Gasteiger partial charge is 0.319 e. The highest BCUT2D eigenvalue weighted by Crippen LogP contribution is 2.18. The summed E-state index contributed by atoms with van der Waals surface area (Å²) in [5.41, 5.74) is 0.875. The largest absolute Gasteiger partial charge is 0.338 e. The molecule has 19 heavy (non-hydrogen) atoms.